The lowest BCUT2D eigenvalue weighted by Gasteiger charge is -2.15. The maximum absolute atomic E-state index is 12.8. The van der Waals surface area contributed by atoms with E-state index in [1.807, 2.05) is 19.1 Å². The second kappa shape index (κ2) is 7.09. The highest BCUT2D eigenvalue weighted by molar-refractivity contribution is 6.07. The van der Waals surface area contributed by atoms with Crippen molar-refractivity contribution in [3.05, 3.63) is 35.5 Å². The molecule has 0 saturated heterocycles. The fourth-order valence-corrected chi connectivity index (χ4v) is 2.91. The number of aliphatic carboxylic acids is 1. The van der Waals surface area contributed by atoms with Gasteiger partial charge in [-0.2, -0.15) is 0 Å². The maximum Gasteiger partial charge on any atom is 0.326 e. The zero-order chi connectivity index (χ0) is 18.0. The van der Waals surface area contributed by atoms with Gasteiger partial charge in [-0.1, -0.05) is 13.3 Å². The highest BCUT2D eigenvalue weighted by atomic mass is 16.5. The molecule has 3 rings (SSSR count). The van der Waals surface area contributed by atoms with Gasteiger partial charge in [-0.15, -0.1) is 0 Å². The van der Waals surface area contributed by atoms with E-state index in [2.05, 4.69) is 10.3 Å². The van der Waals surface area contributed by atoms with E-state index < -0.39 is 12.0 Å². The maximum atomic E-state index is 12.8. The predicted octanol–water partition coefficient (Wildman–Crippen LogP) is 3.10. The molecule has 0 aliphatic heterocycles. The van der Waals surface area contributed by atoms with E-state index in [9.17, 15) is 14.7 Å². The second-order valence-electron chi connectivity index (χ2n) is 6.40. The summed E-state index contributed by atoms with van der Waals surface area (Å²) in [5.74, 6) is -0.383. The number of benzene rings is 1. The van der Waals surface area contributed by atoms with Gasteiger partial charge >= 0.3 is 5.97 Å². The number of hydrogen-bond donors (Lipinski definition) is 2. The zero-order valence-corrected chi connectivity index (χ0v) is 14.4. The number of amides is 1. The fourth-order valence-electron chi connectivity index (χ4n) is 2.91. The van der Waals surface area contributed by atoms with Crippen LogP contribution in [0.4, 0.5) is 0 Å². The number of nitrogens with one attached hydrogen (secondary N) is 1. The van der Waals surface area contributed by atoms with Crippen LogP contribution in [0.2, 0.25) is 0 Å². The molecule has 1 heterocycles. The van der Waals surface area contributed by atoms with E-state index in [4.69, 9.17) is 4.74 Å². The largest absolute Gasteiger partial charge is 0.497 e. The van der Waals surface area contributed by atoms with Crippen molar-refractivity contribution in [3.8, 4) is 5.75 Å². The number of nitrogens with zero attached hydrogens (tertiary/aromatic N) is 1. The molecule has 2 N–H and O–H groups in total. The topological polar surface area (TPSA) is 88.5 Å². The number of hydrogen-bond acceptors (Lipinski definition) is 4. The van der Waals surface area contributed by atoms with Crippen molar-refractivity contribution < 1.29 is 19.4 Å². The number of ether oxygens (including phenoxy) is 1. The number of carboxylic acid groups (broad SMARTS) is 1. The summed E-state index contributed by atoms with van der Waals surface area (Å²) in [6.45, 7) is 1.89. The lowest BCUT2D eigenvalue weighted by molar-refractivity contribution is -0.139. The Balaban J connectivity index is 2.02. The molecule has 1 amide bonds. The first kappa shape index (κ1) is 17.2. The Kier molecular flexibility index (Phi) is 4.88. The molecule has 2 aromatic rings. The van der Waals surface area contributed by atoms with Crippen molar-refractivity contribution >= 4 is 22.8 Å². The van der Waals surface area contributed by atoms with Crippen molar-refractivity contribution in [1.82, 2.24) is 10.3 Å². The number of carbonyl (C=O) groups is 2. The third kappa shape index (κ3) is 3.73. The molecule has 1 fully saturated rings. The highest BCUT2D eigenvalue weighted by Crippen LogP contribution is 2.40. The first-order valence-electron chi connectivity index (χ1n) is 8.55. The third-order valence-corrected chi connectivity index (χ3v) is 4.46. The lowest BCUT2D eigenvalue weighted by Crippen LogP contribution is -2.40. The molecule has 1 unspecified atom stereocenters. The average molecular weight is 342 g/mol. The summed E-state index contributed by atoms with van der Waals surface area (Å²) in [6, 6.07) is 6.31. The quantitative estimate of drug-likeness (QED) is 0.807. The Hall–Kier alpha value is -2.63. The minimum atomic E-state index is -1.02. The summed E-state index contributed by atoms with van der Waals surface area (Å²) < 4.78 is 5.25. The minimum absolute atomic E-state index is 0.386. The first-order valence-corrected chi connectivity index (χ1v) is 8.55. The van der Waals surface area contributed by atoms with Gasteiger partial charge in [-0.05, 0) is 43.5 Å². The molecule has 6 heteroatoms. The van der Waals surface area contributed by atoms with Crippen LogP contribution < -0.4 is 10.1 Å². The minimum Gasteiger partial charge on any atom is -0.497 e. The second-order valence-corrected chi connectivity index (χ2v) is 6.40. The Bertz CT molecular complexity index is 814. The fraction of sp³-hybridized carbons (Fsp3) is 0.421. The van der Waals surface area contributed by atoms with Gasteiger partial charge < -0.3 is 15.2 Å². The van der Waals surface area contributed by atoms with E-state index >= 15 is 0 Å². The van der Waals surface area contributed by atoms with Crippen LogP contribution in [0.25, 0.3) is 10.9 Å². The Labute approximate surface area is 146 Å². The van der Waals surface area contributed by atoms with Gasteiger partial charge in [0.1, 0.15) is 11.8 Å². The summed E-state index contributed by atoms with van der Waals surface area (Å²) in [5.41, 5.74) is 2.07. The van der Waals surface area contributed by atoms with E-state index in [-0.39, 0.29) is 5.91 Å². The van der Waals surface area contributed by atoms with Crippen molar-refractivity contribution in [2.75, 3.05) is 7.11 Å². The van der Waals surface area contributed by atoms with Crippen molar-refractivity contribution in [1.29, 1.82) is 0 Å². The zero-order valence-electron chi connectivity index (χ0n) is 14.4. The van der Waals surface area contributed by atoms with Gasteiger partial charge in [0.05, 0.1) is 18.2 Å². The van der Waals surface area contributed by atoms with Crippen LogP contribution in [0.3, 0.4) is 0 Å². The third-order valence-electron chi connectivity index (χ3n) is 4.46. The van der Waals surface area contributed by atoms with Gasteiger partial charge in [0.25, 0.3) is 5.91 Å². The monoisotopic (exact) mass is 342 g/mol. The summed E-state index contributed by atoms with van der Waals surface area (Å²) in [5, 5.41) is 12.6. The van der Waals surface area contributed by atoms with Crippen LogP contribution in [0, 0.1) is 0 Å². The molecule has 0 bridgehead atoms. The molecule has 25 heavy (non-hydrogen) atoms. The molecule has 1 aliphatic rings. The SMILES string of the molecule is CCCC(NC(=O)c1cc(C2CC2)nc2ccc(OC)cc12)C(=O)O. The van der Waals surface area contributed by atoms with Gasteiger partial charge in [-0.3, -0.25) is 9.78 Å². The summed E-state index contributed by atoms with van der Waals surface area (Å²) in [7, 11) is 1.56. The molecule has 0 spiro atoms. The van der Waals surface area contributed by atoms with Crippen molar-refractivity contribution in [2.45, 2.75) is 44.6 Å². The Morgan fingerprint density at radius 3 is 2.72 bits per heavy atom. The highest BCUT2D eigenvalue weighted by Gasteiger charge is 2.28. The summed E-state index contributed by atoms with van der Waals surface area (Å²) >= 11 is 0. The van der Waals surface area contributed by atoms with Gasteiger partial charge in [0.15, 0.2) is 0 Å². The Morgan fingerprint density at radius 2 is 2.12 bits per heavy atom. The lowest BCUT2D eigenvalue weighted by atomic mass is 10.0. The van der Waals surface area contributed by atoms with E-state index in [0.717, 1.165) is 24.1 Å². The Morgan fingerprint density at radius 1 is 1.36 bits per heavy atom. The van der Waals surface area contributed by atoms with Crippen LogP contribution in [-0.4, -0.2) is 35.1 Å². The van der Waals surface area contributed by atoms with Crippen molar-refractivity contribution in [3.63, 3.8) is 0 Å². The van der Waals surface area contributed by atoms with Crippen LogP contribution in [0.5, 0.6) is 5.75 Å². The number of methoxy groups -OCH3 is 1. The molecular weight excluding hydrogens is 320 g/mol. The molecule has 1 aliphatic carbocycles. The van der Waals surface area contributed by atoms with Gasteiger partial charge in [0, 0.05) is 17.0 Å². The normalized spacial score (nSPS) is 15.0. The molecule has 1 aromatic heterocycles. The number of fused-ring (bicyclic) bond motifs is 1. The number of carboxylic acids is 1. The van der Waals surface area contributed by atoms with E-state index in [1.54, 1.807) is 19.2 Å². The van der Waals surface area contributed by atoms with Crippen molar-refractivity contribution in [2.24, 2.45) is 0 Å². The van der Waals surface area contributed by atoms with E-state index in [0.29, 0.717) is 35.5 Å². The standard InChI is InChI=1S/C19H22N2O4/c1-3-4-16(19(23)24)21-18(22)14-10-17(11-5-6-11)20-15-8-7-12(25-2)9-13(14)15/h7-11,16H,3-6H2,1-2H3,(H,21,22)(H,23,24). The van der Waals surface area contributed by atoms with Crippen LogP contribution in [0.1, 0.15) is 54.6 Å². The number of pyridine rings is 1. The van der Waals surface area contributed by atoms with Gasteiger partial charge in [0.2, 0.25) is 0 Å². The molecule has 0 radical (unpaired) electrons. The molecule has 1 saturated carbocycles. The smallest absolute Gasteiger partial charge is 0.326 e. The van der Waals surface area contributed by atoms with Gasteiger partial charge in [-0.25, -0.2) is 4.79 Å². The molecule has 6 nitrogen and oxygen atoms in total. The van der Waals surface area contributed by atoms with Crippen LogP contribution in [0.15, 0.2) is 24.3 Å². The predicted molar refractivity (Wildman–Crippen MR) is 94.1 cm³/mol. The molecule has 132 valence electrons. The summed E-state index contributed by atoms with van der Waals surface area (Å²) in [4.78, 5) is 28.8. The van der Waals surface area contributed by atoms with E-state index in [1.165, 1.54) is 0 Å². The molecule has 1 atom stereocenters. The molecular formula is C19H22N2O4. The molecule has 1 aromatic carbocycles. The van der Waals surface area contributed by atoms with Crippen LogP contribution >= 0.6 is 0 Å². The first-order chi connectivity index (χ1) is 12.0. The number of carbonyl (C=O) groups excluding carboxylic acids is 1. The average Bonchev–Trinajstić information content (AvgIpc) is 3.44. The van der Waals surface area contributed by atoms with Crippen LogP contribution in [-0.2, 0) is 4.79 Å². The summed E-state index contributed by atoms with van der Waals surface area (Å²) in [6.07, 6.45) is 3.21. The number of rotatable bonds is 7. The number of aromatic nitrogens is 1.